The molecule has 1 N–H and O–H groups in total. The molecule has 5 rings (SSSR count). The number of carbonyl (C=O) groups excluding carboxylic acids is 1. The molecule has 0 spiro atoms. The van der Waals surface area contributed by atoms with E-state index in [1.807, 2.05) is 0 Å². The molecule has 7 nitrogen and oxygen atoms in total. The van der Waals surface area contributed by atoms with Gasteiger partial charge in [-0.3, -0.25) is 4.79 Å². The van der Waals surface area contributed by atoms with Crippen LogP contribution in [0.2, 0.25) is 0 Å². The number of rotatable bonds is 7. The molecular weight excluding hydrogens is 524 g/mol. The average molecular weight is 555 g/mol. The van der Waals surface area contributed by atoms with Crippen molar-refractivity contribution in [3.05, 3.63) is 53.9 Å². The molecule has 2 heterocycles. The lowest BCUT2D eigenvalue weighted by Crippen LogP contribution is -2.45. The molecular formula is C26H30F4N4O3S. The summed E-state index contributed by atoms with van der Waals surface area (Å²) in [4.78, 5) is 21.5. The van der Waals surface area contributed by atoms with Gasteiger partial charge < -0.3 is 5.32 Å². The minimum absolute atomic E-state index is 0.0224. The first-order valence-corrected chi connectivity index (χ1v) is 14.3. The summed E-state index contributed by atoms with van der Waals surface area (Å²) in [7, 11) is -4.22. The predicted molar refractivity (Wildman–Crippen MR) is 130 cm³/mol. The van der Waals surface area contributed by atoms with E-state index in [4.69, 9.17) is 0 Å². The van der Waals surface area contributed by atoms with Crippen LogP contribution in [-0.2, 0) is 26.8 Å². The Morgan fingerprint density at radius 2 is 1.92 bits per heavy atom. The Labute approximate surface area is 219 Å². The molecule has 3 fully saturated rings. The Bertz CT molecular complexity index is 1280. The van der Waals surface area contributed by atoms with Crippen molar-refractivity contribution in [2.75, 3.05) is 6.54 Å². The number of amides is 1. The highest BCUT2D eigenvalue weighted by molar-refractivity contribution is 7.89. The first-order valence-electron chi connectivity index (χ1n) is 12.9. The number of hydrogen-bond donors (Lipinski definition) is 1. The number of alkyl halides is 3. The maximum Gasteiger partial charge on any atom is 0.243 e. The molecule has 2 bridgehead atoms. The summed E-state index contributed by atoms with van der Waals surface area (Å²) in [5.41, 5.74) is 0.987. The third-order valence-corrected chi connectivity index (χ3v) is 10.3. The quantitative estimate of drug-likeness (QED) is 0.520. The summed E-state index contributed by atoms with van der Waals surface area (Å²) >= 11 is 0. The topological polar surface area (TPSA) is 92.3 Å². The second kappa shape index (κ2) is 10.5. The van der Waals surface area contributed by atoms with Gasteiger partial charge in [-0.05, 0) is 68.4 Å². The number of nitrogens with one attached hydrogen (secondary N) is 1. The third-order valence-electron chi connectivity index (χ3n) is 8.41. The summed E-state index contributed by atoms with van der Waals surface area (Å²) in [6.45, 7) is -0.496. The number of halogens is 4. The molecule has 3 unspecified atom stereocenters. The predicted octanol–water partition coefficient (Wildman–Crippen LogP) is 4.14. The first-order chi connectivity index (χ1) is 18.1. The normalized spacial score (nSPS) is 29.9. The van der Waals surface area contributed by atoms with Gasteiger partial charge in [0, 0.05) is 24.3 Å². The van der Waals surface area contributed by atoms with Crippen molar-refractivity contribution in [3.8, 4) is 0 Å². The number of nitrogens with zero attached hydrogens (tertiary/aromatic N) is 3. The lowest BCUT2D eigenvalue weighted by Gasteiger charge is -2.48. The van der Waals surface area contributed by atoms with Crippen LogP contribution >= 0.6 is 0 Å². The largest absolute Gasteiger partial charge is 0.349 e. The standard InChI is InChI=1S/C26H30F4N4O3S/c27-17-3-5-20(6-4-17)38(36,37)34-14-18(28)10-22(34)25(35)31-13-19-11-23(33-15-32-19)26-8-1-2-16(12-26)21(7-9-26)24(29)30/h3-6,11,15-16,18,21-22,24H,1-2,7-10,12-14H2,(H,31,35)/t16?,18-,21?,22+,26?/m1/s1. The second-order valence-corrected chi connectivity index (χ2v) is 12.6. The van der Waals surface area contributed by atoms with Gasteiger partial charge in [0.15, 0.2) is 0 Å². The summed E-state index contributed by atoms with van der Waals surface area (Å²) in [5, 5.41) is 2.67. The van der Waals surface area contributed by atoms with E-state index >= 15 is 0 Å². The summed E-state index contributed by atoms with van der Waals surface area (Å²) < 4.78 is 81.5. The van der Waals surface area contributed by atoms with Gasteiger partial charge in [-0.2, -0.15) is 4.31 Å². The molecule has 2 saturated carbocycles. The van der Waals surface area contributed by atoms with Gasteiger partial charge in [0.05, 0.1) is 22.8 Å². The van der Waals surface area contributed by atoms with Crippen LogP contribution in [-0.4, -0.2) is 53.8 Å². The lowest BCUT2D eigenvalue weighted by molar-refractivity contribution is -0.124. The monoisotopic (exact) mass is 554 g/mol. The van der Waals surface area contributed by atoms with E-state index in [2.05, 4.69) is 15.3 Å². The van der Waals surface area contributed by atoms with Crippen molar-refractivity contribution >= 4 is 15.9 Å². The summed E-state index contributed by atoms with van der Waals surface area (Å²) in [5.74, 6) is -1.90. The zero-order chi connectivity index (χ0) is 27.1. The van der Waals surface area contributed by atoms with Crippen molar-refractivity contribution < 1.29 is 30.8 Å². The molecule has 206 valence electrons. The zero-order valence-corrected chi connectivity index (χ0v) is 21.5. The van der Waals surface area contributed by atoms with E-state index in [1.165, 1.54) is 6.33 Å². The maximum absolute atomic E-state index is 14.3. The molecule has 1 amide bonds. The van der Waals surface area contributed by atoms with Gasteiger partial charge in [-0.15, -0.1) is 0 Å². The lowest BCUT2D eigenvalue weighted by atomic mass is 9.57. The van der Waals surface area contributed by atoms with E-state index in [0.717, 1.165) is 53.5 Å². The van der Waals surface area contributed by atoms with E-state index in [1.54, 1.807) is 6.07 Å². The van der Waals surface area contributed by atoms with Crippen LogP contribution < -0.4 is 5.32 Å². The Hall–Kier alpha value is -2.60. The van der Waals surface area contributed by atoms with Crippen LogP contribution in [0.5, 0.6) is 0 Å². The smallest absolute Gasteiger partial charge is 0.243 e. The molecule has 1 aromatic carbocycles. The Kier molecular flexibility index (Phi) is 7.47. The van der Waals surface area contributed by atoms with Crippen molar-refractivity contribution in [3.63, 3.8) is 0 Å². The number of fused-ring (bicyclic) bond motifs is 2. The highest BCUT2D eigenvalue weighted by Gasteiger charge is 2.48. The van der Waals surface area contributed by atoms with Gasteiger partial charge in [0.2, 0.25) is 22.4 Å². The van der Waals surface area contributed by atoms with Crippen LogP contribution in [0.25, 0.3) is 0 Å². The van der Waals surface area contributed by atoms with E-state index in [0.29, 0.717) is 25.0 Å². The molecule has 0 radical (unpaired) electrons. The molecule has 38 heavy (non-hydrogen) atoms. The fourth-order valence-corrected chi connectivity index (χ4v) is 8.08. The number of hydrogen-bond acceptors (Lipinski definition) is 5. The van der Waals surface area contributed by atoms with E-state index in [9.17, 15) is 30.8 Å². The van der Waals surface area contributed by atoms with Crippen LogP contribution in [0.1, 0.15) is 56.3 Å². The Morgan fingerprint density at radius 1 is 1.16 bits per heavy atom. The third kappa shape index (κ3) is 5.16. The van der Waals surface area contributed by atoms with Crippen LogP contribution in [0.4, 0.5) is 17.6 Å². The van der Waals surface area contributed by atoms with E-state index < -0.39 is 52.8 Å². The minimum atomic E-state index is -4.22. The number of benzene rings is 1. The van der Waals surface area contributed by atoms with Gasteiger partial charge >= 0.3 is 0 Å². The molecule has 3 aliphatic rings. The molecule has 1 saturated heterocycles. The van der Waals surface area contributed by atoms with Crippen LogP contribution in [0.15, 0.2) is 41.6 Å². The molecule has 2 aromatic rings. The number of aromatic nitrogens is 2. The highest BCUT2D eigenvalue weighted by atomic mass is 32.2. The van der Waals surface area contributed by atoms with Crippen molar-refractivity contribution in [1.29, 1.82) is 0 Å². The SMILES string of the molecule is O=C(NCc1cc(C23CCCC(C2)C(C(F)F)CC3)ncn1)[C@@H]1C[C@@H](F)CN1S(=O)(=O)c1ccc(F)cc1. The fourth-order valence-electron chi connectivity index (χ4n) is 6.45. The average Bonchev–Trinajstić information content (AvgIpc) is 3.30. The second-order valence-electron chi connectivity index (χ2n) is 10.7. The van der Waals surface area contributed by atoms with Gasteiger partial charge in [0.25, 0.3) is 0 Å². The molecule has 1 aliphatic heterocycles. The van der Waals surface area contributed by atoms with Crippen molar-refractivity contribution in [2.45, 2.75) is 80.4 Å². The first kappa shape index (κ1) is 27.0. The van der Waals surface area contributed by atoms with E-state index in [-0.39, 0.29) is 29.2 Å². The highest BCUT2D eigenvalue weighted by Crippen LogP contribution is 2.53. The van der Waals surface area contributed by atoms with Crippen molar-refractivity contribution in [1.82, 2.24) is 19.6 Å². The van der Waals surface area contributed by atoms with Crippen LogP contribution in [0.3, 0.4) is 0 Å². The summed E-state index contributed by atoms with van der Waals surface area (Å²) in [6.07, 6.45) is 1.49. The molecule has 2 aliphatic carbocycles. The fraction of sp³-hybridized carbons (Fsp3) is 0.577. The maximum atomic E-state index is 14.3. The Balaban J connectivity index is 1.28. The van der Waals surface area contributed by atoms with Crippen molar-refractivity contribution in [2.24, 2.45) is 11.8 Å². The Morgan fingerprint density at radius 3 is 2.66 bits per heavy atom. The summed E-state index contributed by atoms with van der Waals surface area (Å²) in [6, 6.07) is 4.67. The molecule has 12 heteroatoms. The van der Waals surface area contributed by atoms with Gasteiger partial charge in [-0.1, -0.05) is 6.42 Å². The number of carbonyl (C=O) groups is 1. The van der Waals surface area contributed by atoms with Crippen LogP contribution in [0, 0.1) is 17.7 Å². The molecule has 1 aromatic heterocycles. The van der Waals surface area contributed by atoms with Gasteiger partial charge in [0.1, 0.15) is 24.4 Å². The van der Waals surface area contributed by atoms with Gasteiger partial charge in [-0.25, -0.2) is 35.9 Å². The molecule has 5 atom stereocenters. The zero-order valence-electron chi connectivity index (χ0n) is 20.7. The minimum Gasteiger partial charge on any atom is -0.349 e. The number of sulfonamides is 1.